The summed E-state index contributed by atoms with van der Waals surface area (Å²) in [4.78, 5) is 3.86. The number of nitrogens with one attached hydrogen (secondary N) is 1. The molecule has 1 atom stereocenters. The van der Waals surface area contributed by atoms with Crippen molar-refractivity contribution in [1.82, 2.24) is 19.5 Å². The van der Waals surface area contributed by atoms with E-state index in [0.29, 0.717) is 17.0 Å². The summed E-state index contributed by atoms with van der Waals surface area (Å²) in [5, 5.41) is 16.0. The summed E-state index contributed by atoms with van der Waals surface area (Å²) >= 11 is 12.2. The van der Waals surface area contributed by atoms with E-state index in [1.807, 2.05) is 30.3 Å². The van der Waals surface area contributed by atoms with E-state index >= 15 is 0 Å². The van der Waals surface area contributed by atoms with Crippen LogP contribution in [0, 0.1) is 0 Å². The Bertz CT molecular complexity index is 1050. The van der Waals surface area contributed by atoms with Crippen LogP contribution in [-0.2, 0) is 28.6 Å². The molecule has 10 heteroatoms. The summed E-state index contributed by atoms with van der Waals surface area (Å²) < 4.78 is 28.9. The van der Waals surface area contributed by atoms with Crippen molar-refractivity contribution in [1.29, 1.82) is 0 Å². The Balaban J connectivity index is 1.77. The van der Waals surface area contributed by atoms with Crippen LogP contribution in [-0.4, -0.2) is 40.6 Å². The van der Waals surface area contributed by atoms with Gasteiger partial charge in [0.25, 0.3) is 0 Å². The molecule has 0 spiro atoms. The third-order valence-electron chi connectivity index (χ3n) is 4.41. The van der Waals surface area contributed by atoms with Crippen molar-refractivity contribution in [3.63, 3.8) is 0 Å². The number of hydrogen-bond acceptors (Lipinski definition) is 5. The topological polar surface area (TPSA) is 97.1 Å². The summed E-state index contributed by atoms with van der Waals surface area (Å²) in [5.74, 6) is -0.106. The molecule has 2 N–H and O–H groups in total. The van der Waals surface area contributed by atoms with Crippen LogP contribution in [0.25, 0.3) is 0 Å². The Labute approximate surface area is 179 Å². The SMILES string of the molecule is O=S(=O)(CCc1ccccc1)NCC(O)(Cn1cncn1)c1ccc(Cl)cc1Cl. The summed E-state index contributed by atoms with van der Waals surface area (Å²) in [6, 6.07) is 14.0. The molecule has 0 aliphatic rings. The average molecular weight is 455 g/mol. The lowest BCUT2D eigenvalue weighted by atomic mass is 9.94. The van der Waals surface area contributed by atoms with Crippen molar-refractivity contribution in [2.75, 3.05) is 12.3 Å². The molecule has 0 aliphatic heterocycles. The van der Waals surface area contributed by atoms with Crippen LogP contribution in [0.2, 0.25) is 10.0 Å². The van der Waals surface area contributed by atoms with Crippen molar-refractivity contribution in [3.05, 3.63) is 82.4 Å². The Morgan fingerprint density at radius 2 is 1.90 bits per heavy atom. The van der Waals surface area contributed by atoms with E-state index in [4.69, 9.17) is 23.2 Å². The summed E-state index contributed by atoms with van der Waals surface area (Å²) in [7, 11) is -3.65. The first-order valence-electron chi connectivity index (χ1n) is 8.79. The second kappa shape index (κ2) is 9.23. The van der Waals surface area contributed by atoms with E-state index < -0.39 is 15.6 Å². The van der Waals surface area contributed by atoms with Crippen molar-refractivity contribution in [2.45, 2.75) is 18.6 Å². The zero-order chi connectivity index (χ0) is 20.9. The minimum atomic E-state index is -3.65. The predicted molar refractivity (Wildman–Crippen MR) is 112 cm³/mol. The molecule has 0 bridgehead atoms. The molecule has 0 amide bonds. The molecular weight excluding hydrogens is 435 g/mol. The van der Waals surface area contributed by atoms with Gasteiger partial charge in [-0.1, -0.05) is 59.6 Å². The number of aryl methyl sites for hydroxylation is 1. The van der Waals surface area contributed by atoms with E-state index in [1.54, 1.807) is 12.1 Å². The van der Waals surface area contributed by atoms with Gasteiger partial charge in [0.15, 0.2) is 0 Å². The number of hydrogen-bond donors (Lipinski definition) is 2. The normalized spacial score (nSPS) is 13.9. The lowest BCUT2D eigenvalue weighted by Gasteiger charge is -2.29. The van der Waals surface area contributed by atoms with Gasteiger partial charge >= 0.3 is 0 Å². The van der Waals surface area contributed by atoms with E-state index in [0.717, 1.165) is 5.56 Å². The van der Waals surface area contributed by atoms with Gasteiger partial charge in [-0.2, -0.15) is 5.10 Å². The van der Waals surface area contributed by atoms with Gasteiger partial charge in [0, 0.05) is 22.2 Å². The molecule has 154 valence electrons. The third kappa shape index (κ3) is 6.01. The van der Waals surface area contributed by atoms with Crippen molar-refractivity contribution >= 4 is 33.2 Å². The van der Waals surface area contributed by atoms with Crippen LogP contribution in [0.15, 0.2) is 61.2 Å². The second-order valence-corrected chi connectivity index (χ2v) is 9.39. The smallest absolute Gasteiger partial charge is 0.212 e. The van der Waals surface area contributed by atoms with Gasteiger partial charge in [-0.3, -0.25) is 0 Å². The van der Waals surface area contributed by atoms with Crippen LogP contribution < -0.4 is 4.72 Å². The van der Waals surface area contributed by atoms with Gasteiger partial charge in [0.05, 0.1) is 12.3 Å². The van der Waals surface area contributed by atoms with Crippen molar-refractivity contribution in [2.24, 2.45) is 0 Å². The van der Waals surface area contributed by atoms with Crippen LogP contribution in [0.3, 0.4) is 0 Å². The Morgan fingerprint density at radius 3 is 2.55 bits per heavy atom. The fourth-order valence-electron chi connectivity index (χ4n) is 2.88. The van der Waals surface area contributed by atoms with Crippen molar-refractivity contribution < 1.29 is 13.5 Å². The molecule has 1 unspecified atom stereocenters. The maximum Gasteiger partial charge on any atom is 0.212 e. The first kappa shape index (κ1) is 21.7. The molecule has 0 aliphatic carbocycles. The lowest BCUT2D eigenvalue weighted by molar-refractivity contribution is 0.0204. The molecule has 0 radical (unpaired) electrons. The fourth-order valence-corrected chi connectivity index (χ4v) is 4.58. The maximum atomic E-state index is 12.5. The predicted octanol–water partition coefficient (Wildman–Crippen LogP) is 2.63. The van der Waals surface area contributed by atoms with Crippen LogP contribution in [0.4, 0.5) is 0 Å². The molecular formula is C19H20Cl2N4O3S. The molecule has 3 aromatic rings. The number of benzene rings is 2. The number of aromatic nitrogens is 3. The van der Waals surface area contributed by atoms with E-state index in [-0.39, 0.29) is 23.9 Å². The number of aliphatic hydroxyl groups is 1. The molecule has 0 saturated heterocycles. The van der Waals surface area contributed by atoms with Gasteiger partial charge in [0.2, 0.25) is 10.0 Å². The maximum absolute atomic E-state index is 12.5. The average Bonchev–Trinajstić information content (AvgIpc) is 3.18. The highest BCUT2D eigenvalue weighted by atomic mass is 35.5. The number of halogens is 2. The van der Waals surface area contributed by atoms with Crippen LogP contribution in [0.5, 0.6) is 0 Å². The largest absolute Gasteiger partial charge is 0.382 e. The molecule has 1 heterocycles. The first-order valence-corrected chi connectivity index (χ1v) is 11.2. The van der Waals surface area contributed by atoms with E-state index in [2.05, 4.69) is 14.8 Å². The molecule has 0 fully saturated rings. The van der Waals surface area contributed by atoms with Crippen LogP contribution in [0.1, 0.15) is 11.1 Å². The van der Waals surface area contributed by atoms with Gasteiger partial charge in [0.1, 0.15) is 18.3 Å². The third-order valence-corrected chi connectivity index (χ3v) is 6.28. The first-order chi connectivity index (χ1) is 13.8. The summed E-state index contributed by atoms with van der Waals surface area (Å²) in [6.45, 7) is -0.332. The highest BCUT2D eigenvalue weighted by molar-refractivity contribution is 7.89. The lowest BCUT2D eigenvalue weighted by Crippen LogP contribution is -2.44. The van der Waals surface area contributed by atoms with E-state index in [1.165, 1.54) is 23.4 Å². The Hall–Kier alpha value is -1.97. The van der Waals surface area contributed by atoms with Crippen LogP contribution >= 0.6 is 23.2 Å². The minimum Gasteiger partial charge on any atom is -0.382 e. The van der Waals surface area contributed by atoms with Crippen molar-refractivity contribution in [3.8, 4) is 0 Å². The number of sulfonamides is 1. The molecule has 1 aromatic heterocycles. The minimum absolute atomic E-state index is 0.0461. The van der Waals surface area contributed by atoms with Gasteiger partial charge in [-0.25, -0.2) is 22.8 Å². The Kier molecular flexibility index (Phi) is 6.92. The summed E-state index contributed by atoms with van der Waals surface area (Å²) in [5.41, 5.74) is -0.406. The van der Waals surface area contributed by atoms with Gasteiger partial charge in [-0.15, -0.1) is 0 Å². The molecule has 7 nitrogen and oxygen atoms in total. The highest BCUT2D eigenvalue weighted by Crippen LogP contribution is 2.31. The molecule has 3 rings (SSSR count). The fraction of sp³-hybridized carbons (Fsp3) is 0.263. The van der Waals surface area contributed by atoms with Gasteiger partial charge in [-0.05, 0) is 24.1 Å². The zero-order valence-corrected chi connectivity index (χ0v) is 17.7. The quantitative estimate of drug-likeness (QED) is 0.517. The monoisotopic (exact) mass is 454 g/mol. The zero-order valence-electron chi connectivity index (χ0n) is 15.4. The number of nitrogens with zero attached hydrogens (tertiary/aromatic N) is 3. The molecule has 29 heavy (non-hydrogen) atoms. The second-order valence-electron chi connectivity index (χ2n) is 6.62. The number of rotatable bonds is 9. The van der Waals surface area contributed by atoms with Gasteiger partial charge < -0.3 is 5.11 Å². The summed E-state index contributed by atoms with van der Waals surface area (Å²) in [6.07, 6.45) is 3.12. The van der Waals surface area contributed by atoms with E-state index in [9.17, 15) is 13.5 Å². The molecule has 0 saturated carbocycles. The highest BCUT2D eigenvalue weighted by Gasteiger charge is 2.34. The standard InChI is InChI=1S/C19H20Cl2N4O3S/c20-16-6-7-17(18(21)10-16)19(26,12-25-14-22-13-23-25)11-24-29(27,28)9-8-15-4-2-1-3-5-15/h1-7,10,13-14,24,26H,8-9,11-12H2. The molecule has 2 aromatic carbocycles. The Morgan fingerprint density at radius 1 is 1.14 bits per heavy atom.